The molecule has 0 radical (unpaired) electrons. The average molecular weight is 455 g/mol. The molecule has 4 saturated carbocycles. The Hall–Kier alpha value is -1.12. The number of Topliss-reactive ketones (excluding diaryl/α,β-unsaturated/α-hetero) is 1. The lowest BCUT2D eigenvalue weighted by Crippen LogP contribution is -2.63. The van der Waals surface area contributed by atoms with Gasteiger partial charge in [0.05, 0.1) is 12.5 Å². The van der Waals surface area contributed by atoms with Gasteiger partial charge in [-0.3, -0.25) is 9.59 Å². The molecule has 0 spiro atoms. The molecule has 5 rings (SSSR count). The van der Waals surface area contributed by atoms with Gasteiger partial charge in [0.15, 0.2) is 0 Å². The topological polar surface area (TPSA) is 43.4 Å². The van der Waals surface area contributed by atoms with Crippen molar-refractivity contribution >= 4 is 11.8 Å². The zero-order chi connectivity index (χ0) is 24.0. The van der Waals surface area contributed by atoms with Crippen LogP contribution in [0.1, 0.15) is 106 Å². The molecule has 0 aromatic heterocycles. The smallest absolute Gasteiger partial charge is 0.312 e. The van der Waals surface area contributed by atoms with E-state index in [1.54, 1.807) is 12.7 Å². The molecule has 5 aliphatic carbocycles. The normalized spacial score (nSPS) is 50.8. The van der Waals surface area contributed by atoms with Crippen molar-refractivity contribution in [1.82, 2.24) is 0 Å². The Bertz CT molecular complexity index is 900. The van der Waals surface area contributed by atoms with Crippen molar-refractivity contribution in [2.45, 2.75) is 106 Å². The van der Waals surface area contributed by atoms with Crippen LogP contribution in [-0.4, -0.2) is 18.9 Å². The van der Waals surface area contributed by atoms with Crippen molar-refractivity contribution in [3.63, 3.8) is 0 Å². The summed E-state index contributed by atoms with van der Waals surface area (Å²) in [6.07, 6.45) is 13.1. The van der Waals surface area contributed by atoms with Crippen molar-refractivity contribution in [3.8, 4) is 0 Å². The van der Waals surface area contributed by atoms with Gasteiger partial charge in [-0.1, -0.05) is 53.2 Å². The number of rotatable bonds is 1. The number of hydrogen-bond acceptors (Lipinski definition) is 3. The highest BCUT2D eigenvalue weighted by Gasteiger charge is 2.68. The van der Waals surface area contributed by atoms with Gasteiger partial charge in [-0.25, -0.2) is 0 Å². The van der Waals surface area contributed by atoms with Crippen molar-refractivity contribution in [2.24, 2.45) is 50.7 Å². The maximum absolute atomic E-state index is 13.3. The summed E-state index contributed by atoms with van der Waals surface area (Å²) in [5, 5.41) is 0. The summed E-state index contributed by atoms with van der Waals surface area (Å²) >= 11 is 0. The van der Waals surface area contributed by atoms with Crippen LogP contribution in [0.5, 0.6) is 0 Å². The number of fused-ring (bicyclic) bond motifs is 7. The second-order valence-electron chi connectivity index (χ2n) is 14.2. The number of allylic oxidation sites excluding steroid dienone is 2. The third-order valence-electron chi connectivity index (χ3n) is 12.6. The Morgan fingerprint density at radius 1 is 1.00 bits per heavy atom. The fourth-order valence-corrected chi connectivity index (χ4v) is 10.2. The first-order valence-electron chi connectivity index (χ1n) is 13.7. The van der Waals surface area contributed by atoms with Gasteiger partial charge in [0.2, 0.25) is 0 Å². The van der Waals surface area contributed by atoms with Crippen molar-refractivity contribution in [1.29, 1.82) is 0 Å². The molecule has 0 bridgehead atoms. The standard InChI is InChI=1S/C30H46O3/c1-19-20-10-13-29(6)24(27(20,4)12-11-23(19)31)9-8-21-22-18-26(2,3)14-16-30(22,25(32)33-7)17-15-28(21,29)5/h8,19-20,22,24H,9-18H2,1-7H3/t19-,20-,22?,24+,27-,28+,29+,30-/m0/s1. The molecule has 3 nitrogen and oxygen atoms in total. The van der Waals surface area contributed by atoms with Crippen molar-refractivity contribution in [2.75, 3.05) is 7.11 Å². The fraction of sp³-hybridized carbons (Fsp3) is 0.867. The van der Waals surface area contributed by atoms with E-state index < -0.39 is 0 Å². The second kappa shape index (κ2) is 7.20. The minimum Gasteiger partial charge on any atom is -0.469 e. The first-order chi connectivity index (χ1) is 15.3. The van der Waals surface area contributed by atoms with Gasteiger partial charge in [-0.15, -0.1) is 0 Å². The Labute approximate surface area is 201 Å². The molecule has 8 atom stereocenters. The predicted molar refractivity (Wildman–Crippen MR) is 131 cm³/mol. The van der Waals surface area contributed by atoms with Gasteiger partial charge in [0.1, 0.15) is 5.78 Å². The molecule has 0 N–H and O–H groups in total. The van der Waals surface area contributed by atoms with Crippen LogP contribution in [0.3, 0.4) is 0 Å². The largest absolute Gasteiger partial charge is 0.469 e. The first kappa shape index (κ1) is 23.6. The predicted octanol–water partition coefficient (Wildman–Crippen LogP) is 7.14. The highest BCUT2D eigenvalue weighted by molar-refractivity contribution is 5.82. The number of hydrogen-bond donors (Lipinski definition) is 0. The van der Waals surface area contributed by atoms with E-state index in [4.69, 9.17) is 4.74 Å². The van der Waals surface area contributed by atoms with Gasteiger partial charge in [0, 0.05) is 12.3 Å². The third-order valence-corrected chi connectivity index (χ3v) is 12.6. The molecule has 0 aliphatic heterocycles. The Morgan fingerprint density at radius 3 is 2.39 bits per heavy atom. The first-order valence-corrected chi connectivity index (χ1v) is 13.7. The molecule has 0 aromatic rings. The molecule has 1 unspecified atom stereocenters. The van der Waals surface area contributed by atoms with E-state index in [0.717, 1.165) is 51.4 Å². The van der Waals surface area contributed by atoms with Gasteiger partial charge < -0.3 is 4.74 Å². The lowest BCUT2D eigenvalue weighted by Gasteiger charge is -2.69. The quantitative estimate of drug-likeness (QED) is 0.312. The minimum atomic E-state index is -0.328. The molecular formula is C30H46O3. The van der Waals surface area contributed by atoms with Crippen LogP contribution < -0.4 is 0 Å². The van der Waals surface area contributed by atoms with E-state index in [2.05, 4.69) is 47.6 Å². The SMILES string of the molecule is COC(=O)[C@]12CCC(C)(C)CC1C1=CC[C@@H]3[C@@]4(C)CCC(=O)[C@@H](C)[C@@H]4CC[C@@]3(C)[C@]1(C)CC2. The van der Waals surface area contributed by atoms with Crippen molar-refractivity contribution < 1.29 is 14.3 Å². The van der Waals surface area contributed by atoms with E-state index in [9.17, 15) is 9.59 Å². The minimum absolute atomic E-state index is 0.0357. The Kier molecular flexibility index (Phi) is 5.15. The zero-order valence-electron chi connectivity index (χ0n) is 22.2. The maximum Gasteiger partial charge on any atom is 0.312 e. The molecule has 4 fully saturated rings. The van der Waals surface area contributed by atoms with Crippen LogP contribution in [0.15, 0.2) is 11.6 Å². The number of ether oxygens (including phenoxy) is 1. The number of carbonyl (C=O) groups excluding carboxylic acids is 2. The molecule has 184 valence electrons. The van der Waals surface area contributed by atoms with Gasteiger partial charge in [-0.05, 0) is 97.2 Å². The summed E-state index contributed by atoms with van der Waals surface area (Å²) in [5.41, 5.74) is 2.13. The molecule has 0 heterocycles. The fourth-order valence-electron chi connectivity index (χ4n) is 10.2. The molecule has 3 heteroatoms. The zero-order valence-corrected chi connectivity index (χ0v) is 22.2. The summed E-state index contributed by atoms with van der Waals surface area (Å²) < 4.78 is 5.47. The lowest BCUT2D eigenvalue weighted by molar-refractivity contribution is -0.182. The summed E-state index contributed by atoms with van der Waals surface area (Å²) in [7, 11) is 1.59. The van der Waals surface area contributed by atoms with Gasteiger partial charge >= 0.3 is 5.97 Å². The number of ketones is 1. The highest BCUT2D eigenvalue weighted by atomic mass is 16.5. The molecule has 33 heavy (non-hydrogen) atoms. The van der Waals surface area contributed by atoms with Crippen LogP contribution in [-0.2, 0) is 14.3 Å². The summed E-state index contributed by atoms with van der Waals surface area (Å²) in [6, 6.07) is 0. The number of carbonyl (C=O) groups is 2. The molecule has 0 aromatic carbocycles. The third kappa shape index (κ3) is 2.92. The van der Waals surface area contributed by atoms with Gasteiger partial charge in [0.25, 0.3) is 0 Å². The van der Waals surface area contributed by atoms with Gasteiger partial charge in [-0.2, -0.15) is 0 Å². The van der Waals surface area contributed by atoms with Crippen LogP contribution >= 0.6 is 0 Å². The summed E-state index contributed by atoms with van der Waals surface area (Å²) in [4.78, 5) is 25.9. The monoisotopic (exact) mass is 454 g/mol. The highest BCUT2D eigenvalue weighted by Crippen LogP contribution is 2.74. The van der Waals surface area contributed by atoms with Crippen LogP contribution in [0, 0.1) is 50.7 Å². The lowest BCUT2D eigenvalue weighted by atomic mass is 9.34. The van der Waals surface area contributed by atoms with E-state index in [1.165, 1.54) is 12.8 Å². The van der Waals surface area contributed by atoms with Crippen molar-refractivity contribution in [3.05, 3.63) is 11.6 Å². The maximum atomic E-state index is 13.3. The second-order valence-corrected chi connectivity index (χ2v) is 14.2. The van der Waals surface area contributed by atoms with Crippen LogP contribution in [0.4, 0.5) is 0 Å². The molecular weight excluding hydrogens is 408 g/mol. The van der Waals surface area contributed by atoms with Crippen LogP contribution in [0.2, 0.25) is 0 Å². The molecule has 0 saturated heterocycles. The van der Waals surface area contributed by atoms with E-state index >= 15 is 0 Å². The Balaban J connectivity index is 1.59. The van der Waals surface area contributed by atoms with Crippen LogP contribution in [0.25, 0.3) is 0 Å². The van der Waals surface area contributed by atoms with E-state index in [1.807, 2.05) is 0 Å². The summed E-state index contributed by atoms with van der Waals surface area (Å²) in [5.74, 6) is 2.20. The average Bonchev–Trinajstić information content (AvgIpc) is 2.76. The Morgan fingerprint density at radius 2 is 1.70 bits per heavy atom. The number of esters is 1. The van der Waals surface area contributed by atoms with E-state index in [-0.39, 0.29) is 39.0 Å². The van der Waals surface area contributed by atoms with E-state index in [0.29, 0.717) is 23.5 Å². The summed E-state index contributed by atoms with van der Waals surface area (Å²) in [6.45, 7) is 14.6. The number of methoxy groups -OCH3 is 1. The molecule has 0 amide bonds. The molecule has 5 aliphatic rings.